The number of nitrogens with one attached hydrogen (secondary N) is 1. The molecule has 1 aromatic heterocycles. The zero-order chi connectivity index (χ0) is 20.7. The Balaban J connectivity index is 1.73. The van der Waals surface area contributed by atoms with Gasteiger partial charge in [0.15, 0.2) is 4.21 Å². The molecule has 0 spiro atoms. The summed E-state index contributed by atoms with van der Waals surface area (Å²) >= 11 is 0.595. The number of aryl methyl sites for hydroxylation is 1. The molecule has 12 heteroatoms. The molecule has 1 aliphatic rings. The highest BCUT2D eigenvalue weighted by molar-refractivity contribution is 7.91. The predicted molar refractivity (Wildman–Crippen MR) is 95.8 cm³/mol. The molecule has 1 saturated heterocycles. The number of benzene rings is 1. The molecular weight excluding hydrogens is 419 g/mol. The van der Waals surface area contributed by atoms with Crippen LogP contribution in [0.3, 0.4) is 0 Å². The quantitative estimate of drug-likeness (QED) is 0.798. The van der Waals surface area contributed by atoms with Crippen molar-refractivity contribution in [3.63, 3.8) is 0 Å². The Morgan fingerprint density at radius 3 is 2.36 bits per heavy atom. The van der Waals surface area contributed by atoms with Gasteiger partial charge in [-0.3, -0.25) is 9.59 Å². The maximum absolute atomic E-state index is 12.8. The summed E-state index contributed by atoms with van der Waals surface area (Å²) in [6.07, 6.45) is -4.56. The van der Waals surface area contributed by atoms with Crippen molar-refractivity contribution in [1.82, 2.24) is 14.2 Å². The van der Waals surface area contributed by atoms with E-state index in [1.165, 1.54) is 17.9 Å². The molecule has 0 aliphatic carbocycles. The Labute approximate surface area is 162 Å². The molecule has 0 radical (unpaired) electrons. The van der Waals surface area contributed by atoms with E-state index in [4.69, 9.17) is 0 Å². The molecule has 1 fully saturated rings. The topological polar surface area (TPSA) is 90.5 Å². The molecule has 1 amide bonds. The minimum Gasteiger partial charge on any atom is -0.336 e. The number of hydrogen-bond donors (Lipinski definition) is 1. The van der Waals surface area contributed by atoms with Crippen molar-refractivity contribution >= 4 is 27.3 Å². The molecule has 3 rings (SSSR count). The fourth-order valence-corrected chi connectivity index (χ4v) is 5.75. The molecule has 152 valence electrons. The largest absolute Gasteiger partial charge is 0.416 e. The predicted octanol–water partition coefficient (Wildman–Crippen LogP) is 1.91. The SMILES string of the molecule is Cc1[nH]c(=O)sc1S(=O)(=O)N1CCN(C(=O)c2cccc(C(F)(F)F)c2)CC1. The number of carbonyl (C=O) groups excluding carboxylic acids is 1. The van der Waals surface area contributed by atoms with Gasteiger partial charge in [-0.15, -0.1) is 0 Å². The zero-order valence-corrected chi connectivity index (χ0v) is 16.2. The lowest BCUT2D eigenvalue weighted by atomic mass is 10.1. The number of amides is 1. The fourth-order valence-electron chi connectivity index (χ4n) is 2.90. The average molecular weight is 435 g/mol. The third kappa shape index (κ3) is 3.98. The lowest BCUT2D eigenvalue weighted by Crippen LogP contribution is -2.50. The normalized spacial score (nSPS) is 16.4. The van der Waals surface area contributed by atoms with Gasteiger partial charge in [-0.05, 0) is 25.1 Å². The molecule has 0 bridgehead atoms. The summed E-state index contributed by atoms with van der Waals surface area (Å²) in [5.41, 5.74) is -0.777. The molecule has 0 atom stereocenters. The highest BCUT2D eigenvalue weighted by atomic mass is 32.2. The number of aromatic nitrogens is 1. The van der Waals surface area contributed by atoms with Crippen molar-refractivity contribution in [2.45, 2.75) is 17.3 Å². The average Bonchev–Trinajstić information content (AvgIpc) is 2.99. The lowest BCUT2D eigenvalue weighted by molar-refractivity contribution is -0.137. The van der Waals surface area contributed by atoms with Crippen LogP contribution in [0.1, 0.15) is 21.6 Å². The molecule has 0 unspecified atom stereocenters. The molecule has 1 N–H and O–H groups in total. The van der Waals surface area contributed by atoms with Gasteiger partial charge in [0, 0.05) is 37.4 Å². The number of sulfonamides is 1. The number of thiazole rings is 1. The summed E-state index contributed by atoms with van der Waals surface area (Å²) < 4.78 is 64.9. The van der Waals surface area contributed by atoms with E-state index in [0.29, 0.717) is 11.3 Å². The van der Waals surface area contributed by atoms with Crippen LogP contribution in [0.25, 0.3) is 0 Å². The van der Waals surface area contributed by atoms with Crippen molar-refractivity contribution in [3.05, 3.63) is 50.8 Å². The van der Waals surface area contributed by atoms with Gasteiger partial charge >= 0.3 is 11.0 Å². The smallest absolute Gasteiger partial charge is 0.336 e. The van der Waals surface area contributed by atoms with E-state index in [-0.39, 0.29) is 41.6 Å². The van der Waals surface area contributed by atoms with Crippen molar-refractivity contribution in [2.75, 3.05) is 26.2 Å². The minimum absolute atomic E-state index is 0.0153. The zero-order valence-electron chi connectivity index (χ0n) is 14.6. The van der Waals surface area contributed by atoms with Crippen LogP contribution >= 0.6 is 11.3 Å². The van der Waals surface area contributed by atoms with E-state index < -0.39 is 32.5 Å². The molecular formula is C16H16F3N3O4S2. The maximum Gasteiger partial charge on any atom is 0.416 e. The number of piperazine rings is 1. The van der Waals surface area contributed by atoms with E-state index >= 15 is 0 Å². The van der Waals surface area contributed by atoms with E-state index in [0.717, 1.165) is 22.5 Å². The van der Waals surface area contributed by atoms with Crippen LogP contribution in [-0.2, 0) is 16.2 Å². The molecule has 1 aliphatic heterocycles. The van der Waals surface area contributed by atoms with Gasteiger partial charge in [-0.1, -0.05) is 17.4 Å². The molecule has 7 nitrogen and oxygen atoms in total. The first-order valence-electron chi connectivity index (χ1n) is 8.16. The first kappa shape index (κ1) is 20.6. The Bertz CT molecular complexity index is 1050. The first-order valence-corrected chi connectivity index (χ1v) is 10.4. The second-order valence-electron chi connectivity index (χ2n) is 6.20. The van der Waals surface area contributed by atoms with Gasteiger partial charge in [0.25, 0.3) is 15.9 Å². The second kappa shape index (κ2) is 7.33. The number of H-pyrrole nitrogens is 1. The van der Waals surface area contributed by atoms with Gasteiger partial charge in [-0.2, -0.15) is 17.5 Å². The van der Waals surface area contributed by atoms with Gasteiger partial charge in [0.1, 0.15) is 0 Å². The summed E-state index contributed by atoms with van der Waals surface area (Å²) in [6, 6.07) is 4.12. The Morgan fingerprint density at radius 1 is 1.18 bits per heavy atom. The van der Waals surface area contributed by atoms with Gasteiger partial charge in [-0.25, -0.2) is 8.42 Å². The highest BCUT2D eigenvalue weighted by Crippen LogP contribution is 2.30. The highest BCUT2D eigenvalue weighted by Gasteiger charge is 2.34. The van der Waals surface area contributed by atoms with E-state index in [2.05, 4.69) is 4.98 Å². The maximum atomic E-state index is 12.8. The van der Waals surface area contributed by atoms with Crippen molar-refractivity contribution in [1.29, 1.82) is 0 Å². The molecule has 0 saturated carbocycles. The number of carbonyl (C=O) groups is 1. The Hall–Kier alpha value is -2.18. The summed E-state index contributed by atoms with van der Waals surface area (Å²) in [5.74, 6) is -0.592. The lowest BCUT2D eigenvalue weighted by Gasteiger charge is -2.33. The molecule has 2 heterocycles. The van der Waals surface area contributed by atoms with Gasteiger partial charge in [0.2, 0.25) is 0 Å². The third-order valence-electron chi connectivity index (χ3n) is 4.32. The first-order chi connectivity index (χ1) is 13.0. The third-order valence-corrected chi connectivity index (χ3v) is 7.80. The Kier molecular flexibility index (Phi) is 5.38. The number of alkyl halides is 3. The summed E-state index contributed by atoms with van der Waals surface area (Å²) in [5, 5.41) is 0. The summed E-state index contributed by atoms with van der Waals surface area (Å²) in [7, 11) is -3.88. The second-order valence-corrected chi connectivity index (χ2v) is 9.32. The standard InChI is InChI=1S/C16H16F3N3O4S2/c1-10-14(27-15(24)20-10)28(25,26)22-7-5-21(6-8-22)13(23)11-3-2-4-12(9-11)16(17,18)19/h2-4,9H,5-8H2,1H3,(H,20,24). The van der Waals surface area contributed by atoms with Crippen LogP contribution in [0, 0.1) is 6.92 Å². The minimum atomic E-state index is -4.56. The van der Waals surface area contributed by atoms with Crippen LogP contribution < -0.4 is 4.87 Å². The van der Waals surface area contributed by atoms with Gasteiger partial charge in [0.05, 0.1) is 5.56 Å². The van der Waals surface area contributed by atoms with Gasteiger partial charge < -0.3 is 9.88 Å². The summed E-state index contributed by atoms with van der Waals surface area (Å²) in [6.45, 7) is 1.52. The van der Waals surface area contributed by atoms with Crippen molar-refractivity contribution < 1.29 is 26.4 Å². The number of rotatable bonds is 3. The van der Waals surface area contributed by atoms with Crippen LogP contribution in [0.4, 0.5) is 13.2 Å². The van der Waals surface area contributed by atoms with E-state index in [1.54, 1.807) is 0 Å². The van der Waals surface area contributed by atoms with Crippen LogP contribution in [-0.4, -0.2) is 54.7 Å². The van der Waals surface area contributed by atoms with Crippen LogP contribution in [0.5, 0.6) is 0 Å². The number of halogens is 3. The van der Waals surface area contributed by atoms with Crippen LogP contribution in [0.2, 0.25) is 0 Å². The fraction of sp³-hybridized carbons (Fsp3) is 0.375. The van der Waals surface area contributed by atoms with Crippen LogP contribution in [0.15, 0.2) is 33.3 Å². The number of hydrogen-bond acceptors (Lipinski definition) is 5. The van der Waals surface area contributed by atoms with Crippen molar-refractivity contribution in [2.24, 2.45) is 0 Å². The van der Waals surface area contributed by atoms with E-state index in [9.17, 15) is 31.2 Å². The summed E-state index contributed by atoms with van der Waals surface area (Å²) in [4.78, 5) is 27.1. The molecule has 1 aromatic carbocycles. The molecule has 28 heavy (non-hydrogen) atoms. The monoisotopic (exact) mass is 435 g/mol. The Morgan fingerprint density at radius 2 is 1.82 bits per heavy atom. The number of nitrogens with zero attached hydrogens (tertiary/aromatic N) is 2. The van der Waals surface area contributed by atoms with E-state index in [1.807, 2.05) is 0 Å². The molecule has 2 aromatic rings. The number of aromatic amines is 1. The van der Waals surface area contributed by atoms with Crippen molar-refractivity contribution in [3.8, 4) is 0 Å².